The summed E-state index contributed by atoms with van der Waals surface area (Å²) in [6.07, 6.45) is 0.845. The van der Waals surface area contributed by atoms with Gasteiger partial charge in [-0.05, 0) is 24.9 Å². The molecule has 3 aromatic rings. The summed E-state index contributed by atoms with van der Waals surface area (Å²) in [5.41, 5.74) is 9.46. The Labute approximate surface area is 176 Å². The van der Waals surface area contributed by atoms with Crippen LogP contribution >= 0.6 is 0 Å². The number of aromatic nitrogens is 2. The van der Waals surface area contributed by atoms with Crippen molar-refractivity contribution in [3.63, 3.8) is 0 Å². The number of anilines is 2. The number of fused-ring (bicyclic) bond motifs is 2. The summed E-state index contributed by atoms with van der Waals surface area (Å²) >= 11 is 0. The summed E-state index contributed by atoms with van der Waals surface area (Å²) < 4.78 is 11.6. The first-order valence-electron chi connectivity index (χ1n) is 10.5. The zero-order valence-electron chi connectivity index (χ0n) is 17.3. The lowest BCUT2D eigenvalue weighted by atomic mass is 10.0. The molecule has 1 saturated heterocycles. The minimum absolute atomic E-state index is 0.0248. The van der Waals surface area contributed by atoms with Crippen molar-refractivity contribution >= 4 is 22.3 Å². The largest absolute Gasteiger partial charge is 0.461 e. The Morgan fingerprint density at radius 2 is 2.00 bits per heavy atom. The minimum Gasteiger partial charge on any atom is -0.461 e. The minimum atomic E-state index is 0.0248. The number of rotatable bonds is 4. The van der Waals surface area contributed by atoms with Gasteiger partial charge in [-0.25, -0.2) is 0 Å². The Morgan fingerprint density at radius 3 is 2.90 bits per heavy atom. The van der Waals surface area contributed by atoms with Gasteiger partial charge in [-0.3, -0.25) is 0 Å². The van der Waals surface area contributed by atoms with Gasteiger partial charge in [0.05, 0.1) is 18.8 Å². The van der Waals surface area contributed by atoms with Gasteiger partial charge in [0.2, 0.25) is 0 Å². The van der Waals surface area contributed by atoms with Crippen molar-refractivity contribution in [2.75, 3.05) is 50.5 Å². The highest BCUT2D eigenvalue weighted by Gasteiger charge is 2.24. The molecule has 0 saturated carbocycles. The molecule has 1 fully saturated rings. The van der Waals surface area contributed by atoms with E-state index in [1.54, 1.807) is 0 Å². The Hall–Kier alpha value is -2.90. The predicted molar refractivity (Wildman–Crippen MR) is 118 cm³/mol. The molecule has 0 radical (unpaired) electrons. The molecule has 7 heteroatoms. The van der Waals surface area contributed by atoms with Gasteiger partial charge in [0.15, 0.2) is 0 Å². The standard InChI is InChI=1S/C23H27N5O2/c1-27-11-12-29-17(13-27)15-30-23-25-20-14-28(10-9-19(20)22(24)26-23)21-8-4-6-16-5-2-3-7-18(16)21/h2-8,17H,9-15H2,1H3,(H2,24,25,26)/t17-/m1/s1. The highest BCUT2D eigenvalue weighted by atomic mass is 16.5. The smallest absolute Gasteiger partial charge is 0.318 e. The summed E-state index contributed by atoms with van der Waals surface area (Å²) in [6.45, 7) is 4.51. The molecule has 2 aromatic carbocycles. The van der Waals surface area contributed by atoms with E-state index < -0.39 is 0 Å². The van der Waals surface area contributed by atoms with Gasteiger partial charge in [0.1, 0.15) is 18.5 Å². The topological polar surface area (TPSA) is 76.7 Å². The van der Waals surface area contributed by atoms with Gasteiger partial charge in [-0.1, -0.05) is 36.4 Å². The van der Waals surface area contributed by atoms with Gasteiger partial charge in [0, 0.05) is 36.3 Å². The molecule has 3 heterocycles. The van der Waals surface area contributed by atoms with Crippen molar-refractivity contribution in [3.8, 4) is 6.01 Å². The number of nitrogens with two attached hydrogens (primary N) is 1. The van der Waals surface area contributed by atoms with Gasteiger partial charge in [-0.2, -0.15) is 9.97 Å². The van der Waals surface area contributed by atoms with Gasteiger partial charge in [0.25, 0.3) is 0 Å². The molecule has 0 unspecified atom stereocenters. The van der Waals surface area contributed by atoms with Crippen LogP contribution in [-0.2, 0) is 17.7 Å². The summed E-state index contributed by atoms with van der Waals surface area (Å²) in [5, 5.41) is 2.49. The normalized spacial score (nSPS) is 19.6. The third-order valence-electron chi connectivity index (χ3n) is 5.92. The van der Waals surface area contributed by atoms with Crippen LogP contribution in [0.5, 0.6) is 6.01 Å². The molecule has 156 valence electrons. The summed E-state index contributed by atoms with van der Waals surface area (Å²) in [6, 6.07) is 15.2. The quantitative estimate of drug-likeness (QED) is 0.715. The van der Waals surface area contributed by atoms with Gasteiger partial charge < -0.3 is 25.0 Å². The number of likely N-dealkylation sites (N-methyl/N-ethyl adjacent to an activating group) is 1. The van der Waals surface area contributed by atoms with Crippen LogP contribution in [0, 0.1) is 0 Å². The maximum absolute atomic E-state index is 6.26. The number of ether oxygens (including phenoxy) is 2. The highest BCUT2D eigenvalue weighted by Crippen LogP contribution is 2.32. The van der Waals surface area contributed by atoms with Crippen molar-refractivity contribution in [1.29, 1.82) is 0 Å². The molecule has 0 aliphatic carbocycles. The van der Waals surface area contributed by atoms with E-state index >= 15 is 0 Å². The van der Waals surface area contributed by atoms with Crippen molar-refractivity contribution in [2.45, 2.75) is 19.1 Å². The first-order chi connectivity index (χ1) is 14.7. The number of hydrogen-bond donors (Lipinski definition) is 1. The van der Waals surface area contributed by atoms with E-state index in [2.05, 4.69) is 64.3 Å². The Bertz CT molecular complexity index is 1050. The number of benzene rings is 2. The van der Waals surface area contributed by atoms with E-state index in [0.717, 1.165) is 43.9 Å². The fourth-order valence-electron chi connectivity index (χ4n) is 4.33. The van der Waals surface area contributed by atoms with E-state index in [4.69, 9.17) is 20.2 Å². The Kier molecular flexibility index (Phi) is 5.14. The van der Waals surface area contributed by atoms with Crippen LogP contribution in [0.3, 0.4) is 0 Å². The second-order valence-electron chi connectivity index (χ2n) is 8.05. The third-order valence-corrected chi connectivity index (χ3v) is 5.92. The van der Waals surface area contributed by atoms with Crippen LogP contribution < -0.4 is 15.4 Å². The monoisotopic (exact) mass is 405 g/mol. The molecular weight excluding hydrogens is 378 g/mol. The van der Waals surface area contributed by atoms with Crippen LogP contribution in [0.15, 0.2) is 42.5 Å². The second kappa shape index (κ2) is 8.08. The van der Waals surface area contributed by atoms with E-state index in [-0.39, 0.29) is 6.10 Å². The number of nitrogens with zero attached hydrogens (tertiary/aromatic N) is 4. The van der Waals surface area contributed by atoms with Gasteiger partial charge >= 0.3 is 6.01 Å². The highest BCUT2D eigenvalue weighted by molar-refractivity contribution is 5.94. The lowest BCUT2D eigenvalue weighted by Gasteiger charge is -2.32. The first kappa shape index (κ1) is 19.1. The second-order valence-corrected chi connectivity index (χ2v) is 8.05. The molecule has 2 aliphatic heterocycles. The maximum Gasteiger partial charge on any atom is 0.318 e. The molecule has 1 atom stereocenters. The van der Waals surface area contributed by atoms with Crippen LogP contribution in [-0.4, -0.2) is 60.9 Å². The number of morpholine rings is 1. The summed E-state index contributed by atoms with van der Waals surface area (Å²) in [7, 11) is 2.09. The van der Waals surface area contributed by atoms with Crippen LogP contribution in [0.25, 0.3) is 10.8 Å². The molecule has 0 spiro atoms. The lowest BCUT2D eigenvalue weighted by Crippen LogP contribution is -2.42. The fourth-order valence-corrected chi connectivity index (χ4v) is 4.33. The molecule has 30 heavy (non-hydrogen) atoms. The fraction of sp³-hybridized carbons (Fsp3) is 0.391. The van der Waals surface area contributed by atoms with Crippen LogP contribution in [0.2, 0.25) is 0 Å². The maximum atomic E-state index is 6.26. The molecule has 7 nitrogen and oxygen atoms in total. The summed E-state index contributed by atoms with van der Waals surface area (Å²) in [4.78, 5) is 13.7. The molecule has 0 bridgehead atoms. The average Bonchev–Trinajstić information content (AvgIpc) is 2.77. The molecule has 2 N–H and O–H groups in total. The van der Waals surface area contributed by atoms with E-state index in [1.807, 2.05) is 0 Å². The zero-order valence-corrected chi connectivity index (χ0v) is 17.3. The van der Waals surface area contributed by atoms with Crippen molar-refractivity contribution in [1.82, 2.24) is 14.9 Å². The van der Waals surface area contributed by atoms with Crippen molar-refractivity contribution in [3.05, 3.63) is 53.7 Å². The lowest BCUT2D eigenvalue weighted by molar-refractivity contribution is -0.0417. The predicted octanol–water partition coefficient (Wildman–Crippen LogP) is 2.48. The molecule has 0 amide bonds. The van der Waals surface area contributed by atoms with E-state index in [1.165, 1.54) is 16.5 Å². The number of hydrogen-bond acceptors (Lipinski definition) is 7. The molecular formula is C23H27N5O2. The average molecular weight is 406 g/mol. The van der Waals surface area contributed by atoms with Crippen LogP contribution in [0.1, 0.15) is 11.3 Å². The Balaban J connectivity index is 1.36. The molecule has 5 rings (SSSR count). The third kappa shape index (κ3) is 3.78. The Morgan fingerprint density at radius 1 is 1.13 bits per heavy atom. The van der Waals surface area contributed by atoms with Crippen LogP contribution in [0.4, 0.5) is 11.5 Å². The SMILES string of the molecule is CN1CCO[C@@H](COc2nc(N)c3c(n2)CN(c2cccc4ccccc24)CC3)C1. The number of nitrogen functional groups attached to an aromatic ring is 1. The van der Waals surface area contributed by atoms with Gasteiger partial charge in [-0.15, -0.1) is 0 Å². The molecule has 2 aliphatic rings. The first-order valence-corrected chi connectivity index (χ1v) is 10.5. The van der Waals surface area contributed by atoms with E-state index in [0.29, 0.717) is 25.0 Å². The van der Waals surface area contributed by atoms with E-state index in [9.17, 15) is 0 Å². The zero-order chi connectivity index (χ0) is 20.5. The van der Waals surface area contributed by atoms with Crippen molar-refractivity contribution < 1.29 is 9.47 Å². The molecule has 1 aromatic heterocycles. The summed E-state index contributed by atoms with van der Waals surface area (Å²) in [5.74, 6) is 0.522. The van der Waals surface area contributed by atoms with Crippen molar-refractivity contribution in [2.24, 2.45) is 0 Å².